The van der Waals surface area contributed by atoms with Gasteiger partial charge in [-0.25, -0.2) is 9.97 Å². The summed E-state index contributed by atoms with van der Waals surface area (Å²) in [4.78, 5) is 22.3. The molecule has 0 atom stereocenters. The number of nitrogens with one attached hydrogen (secondary N) is 1. The van der Waals surface area contributed by atoms with Crippen LogP contribution in [0.1, 0.15) is 42.7 Å². The minimum atomic E-state index is -0.188. The van der Waals surface area contributed by atoms with E-state index in [1.807, 2.05) is 53.5 Å². The molecular weight excluding hydrogens is 370 g/mol. The third-order valence-corrected chi connectivity index (χ3v) is 5.32. The number of nitrogens with zero attached hydrogens (tertiary/aromatic N) is 4. The number of rotatable bonds is 5. The molecule has 142 valence electrons. The Morgan fingerprint density at radius 1 is 1.25 bits per heavy atom. The summed E-state index contributed by atoms with van der Waals surface area (Å²) in [7, 11) is 0. The molecule has 0 spiro atoms. The number of benzene rings is 1. The van der Waals surface area contributed by atoms with Gasteiger partial charge in [0.1, 0.15) is 0 Å². The summed E-state index contributed by atoms with van der Waals surface area (Å²) in [5, 5.41) is 10.7. The highest BCUT2D eigenvalue weighted by atomic mass is 32.1. The van der Waals surface area contributed by atoms with Gasteiger partial charge in [0.25, 0.3) is 5.91 Å². The lowest BCUT2D eigenvalue weighted by molar-refractivity contribution is 0.102. The van der Waals surface area contributed by atoms with Gasteiger partial charge in [-0.1, -0.05) is 32.0 Å². The average Bonchev–Trinajstić information content (AvgIpc) is 3.36. The average molecular weight is 392 g/mol. The highest BCUT2D eigenvalue weighted by Gasteiger charge is 2.16. The van der Waals surface area contributed by atoms with Gasteiger partial charge in [0.15, 0.2) is 5.13 Å². The molecule has 4 aromatic rings. The van der Waals surface area contributed by atoms with Crippen LogP contribution < -0.4 is 5.32 Å². The minimum absolute atomic E-state index is 0.188. The standard InChI is InChI=1S/C21H21N5OS/c1-4-26-11-14(10-22-26)18-9-16(15-7-5-6-8-17(15)23-18)20(27)25-21-24-19(12-28-21)13(2)3/h5-13H,4H2,1-3H3,(H,24,25,27). The van der Waals surface area contributed by atoms with E-state index in [9.17, 15) is 4.79 Å². The van der Waals surface area contributed by atoms with Gasteiger partial charge in [-0.3, -0.25) is 14.8 Å². The van der Waals surface area contributed by atoms with E-state index < -0.39 is 0 Å². The summed E-state index contributed by atoms with van der Waals surface area (Å²) in [5.41, 5.74) is 3.94. The van der Waals surface area contributed by atoms with Crippen molar-refractivity contribution in [1.29, 1.82) is 0 Å². The molecule has 0 bridgehead atoms. The van der Waals surface area contributed by atoms with Gasteiger partial charge in [0.05, 0.1) is 28.7 Å². The van der Waals surface area contributed by atoms with Gasteiger partial charge in [-0.15, -0.1) is 11.3 Å². The Kier molecular flexibility index (Phi) is 4.92. The van der Waals surface area contributed by atoms with Crippen LogP contribution >= 0.6 is 11.3 Å². The molecule has 1 amide bonds. The van der Waals surface area contributed by atoms with Crippen molar-refractivity contribution in [3.05, 3.63) is 59.4 Å². The molecule has 1 aromatic carbocycles. The second-order valence-corrected chi connectivity index (χ2v) is 7.70. The fourth-order valence-electron chi connectivity index (χ4n) is 2.95. The van der Waals surface area contributed by atoms with Gasteiger partial charge in [-0.2, -0.15) is 5.10 Å². The number of carbonyl (C=O) groups excluding carboxylic acids is 1. The van der Waals surface area contributed by atoms with Crippen molar-refractivity contribution >= 4 is 33.3 Å². The minimum Gasteiger partial charge on any atom is -0.298 e. The molecular formula is C21H21N5OS. The topological polar surface area (TPSA) is 72.7 Å². The summed E-state index contributed by atoms with van der Waals surface area (Å²) in [6, 6.07) is 9.49. The fraction of sp³-hybridized carbons (Fsp3) is 0.238. The zero-order valence-corrected chi connectivity index (χ0v) is 16.8. The van der Waals surface area contributed by atoms with Gasteiger partial charge in [0.2, 0.25) is 0 Å². The number of carbonyl (C=O) groups is 1. The lowest BCUT2D eigenvalue weighted by Crippen LogP contribution is -2.13. The van der Waals surface area contributed by atoms with Crippen LogP contribution in [0.25, 0.3) is 22.2 Å². The summed E-state index contributed by atoms with van der Waals surface area (Å²) in [6.07, 6.45) is 3.71. The van der Waals surface area contributed by atoms with Gasteiger partial charge in [-0.05, 0) is 25.0 Å². The third-order valence-electron chi connectivity index (χ3n) is 4.55. The van der Waals surface area contributed by atoms with Gasteiger partial charge < -0.3 is 0 Å². The maximum Gasteiger partial charge on any atom is 0.258 e. The maximum absolute atomic E-state index is 13.1. The first-order chi connectivity index (χ1) is 13.5. The number of hydrogen-bond donors (Lipinski definition) is 1. The van der Waals surface area contributed by atoms with E-state index >= 15 is 0 Å². The van der Waals surface area contributed by atoms with Crippen molar-refractivity contribution in [2.45, 2.75) is 33.2 Å². The summed E-state index contributed by atoms with van der Waals surface area (Å²) < 4.78 is 1.84. The van der Waals surface area contributed by atoms with Crippen LogP contribution in [-0.4, -0.2) is 25.7 Å². The molecule has 0 saturated carbocycles. The van der Waals surface area contributed by atoms with Crippen LogP contribution in [-0.2, 0) is 6.54 Å². The SMILES string of the molecule is CCn1cc(-c2cc(C(=O)Nc3nc(C(C)C)cs3)c3ccccc3n2)cn1. The molecule has 3 aromatic heterocycles. The predicted molar refractivity (Wildman–Crippen MR) is 113 cm³/mol. The highest BCUT2D eigenvalue weighted by Crippen LogP contribution is 2.27. The molecule has 7 heteroatoms. The van der Waals surface area contributed by atoms with E-state index in [1.165, 1.54) is 11.3 Å². The van der Waals surface area contributed by atoms with Crippen LogP contribution in [0.2, 0.25) is 0 Å². The molecule has 4 rings (SSSR count). The van der Waals surface area contributed by atoms with E-state index in [2.05, 4.69) is 29.2 Å². The number of aromatic nitrogens is 4. The molecule has 0 saturated heterocycles. The van der Waals surface area contributed by atoms with E-state index in [0.717, 1.165) is 34.4 Å². The molecule has 3 heterocycles. The first-order valence-corrected chi connectivity index (χ1v) is 10.1. The van der Waals surface area contributed by atoms with Crippen LogP contribution in [0.5, 0.6) is 0 Å². The third kappa shape index (κ3) is 3.53. The van der Waals surface area contributed by atoms with Crippen LogP contribution in [0.15, 0.2) is 48.1 Å². The zero-order valence-electron chi connectivity index (χ0n) is 16.0. The first kappa shape index (κ1) is 18.3. The largest absolute Gasteiger partial charge is 0.298 e. The molecule has 0 aliphatic rings. The Morgan fingerprint density at radius 2 is 2.07 bits per heavy atom. The summed E-state index contributed by atoms with van der Waals surface area (Å²) >= 11 is 1.44. The Morgan fingerprint density at radius 3 is 2.79 bits per heavy atom. The Hall–Kier alpha value is -3.06. The van der Waals surface area contributed by atoms with Crippen molar-refractivity contribution in [3.8, 4) is 11.3 Å². The molecule has 6 nitrogen and oxygen atoms in total. The molecule has 0 radical (unpaired) electrons. The van der Waals surface area contributed by atoms with Gasteiger partial charge >= 0.3 is 0 Å². The Balaban J connectivity index is 1.74. The van der Waals surface area contributed by atoms with Crippen molar-refractivity contribution in [1.82, 2.24) is 19.7 Å². The van der Waals surface area contributed by atoms with E-state index in [4.69, 9.17) is 4.98 Å². The molecule has 1 N–H and O–H groups in total. The van der Waals surface area contributed by atoms with Gasteiger partial charge in [0, 0.05) is 29.1 Å². The predicted octanol–water partition coefficient (Wildman–Crippen LogP) is 4.95. The number of fused-ring (bicyclic) bond motifs is 1. The molecule has 0 unspecified atom stereocenters. The molecule has 0 aliphatic heterocycles. The number of anilines is 1. The van der Waals surface area contributed by atoms with E-state index in [1.54, 1.807) is 6.20 Å². The number of thiazole rings is 1. The number of aryl methyl sites for hydroxylation is 1. The molecule has 0 aliphatic carbocycles. The second kappa shape index (κ2) is 7.52. The van der Waals surface area contributed by atoms with Crippen LogP contribution in [0.4, 0.5) is 5.13 Å². The number of hydrogen-bond acceptors (Lipinski definition) is 5. The zero-order chi connectivity index (χ0) is 19.7. The number of amides is 1. The fourth-order valence-corrected chi connectivity index (χ4v) is 3.82. The Bertz CT molecular complexity index is 1140. The summed E-state index contributed by atoms with van der Waals surface area (Å²) in [6.45, 7) is 6.98. The first-order valence-electron chi connectivity index (χ1n) is 9.24. The number of para-hydroxylation sites is 1. The van der Waals surface area contributed by atoms with Crippen molar-refractivity contribution in [2.75, 3.05) is 5.32 Å². The quantitative estimate of drug-likeness (QED) is 0.522. The lowest BCUT2D eigenvalue weighted by atomic mass is 10.1. The van der Waals surface area contributed by atoms with Crippen molar-refractivity contribution in [2.24, 2.45) is 0 Å². The molecule has 0 fully saturated rings. The van der Waals surface area contributed by atoms with E-state index in [-0.39, 0.29) is 5.91 Å². The normalized spacial score (nSPS) is 11.3. The lowest BCUT2D eigenvalue weighted by Gasteiger charge is -2.08. The number of pyridine rings is 1. The summed E-state index contributed by atoms with van der Waals surface area (Å²) in [5.74, 6) is 0.137. The van der Waals surface area contributed by atoms with Crippen LogP contribution in [0, 0.1) is 0 Å². The van der Waals surface area contributed by atoms with Crippen LogP contribution in [0.3, 0.4) is 0 Å². The van der Waals surface area contributed by atoms with Crippen molar-refractivity contribution < 1.29 is 4.79 Å². The monoisotopic (exact) mass is 391 g/mol. The second-order valence-electron chi connectivity index (χ2n) is 6.84. The van der Waals surface area contributed by atoms with Crippen molar-refractivity contribution in [3.63, 3.8) is 0 Å². The van der Waals surface area contributed by atoms with E-state index in [0.29, 0.717) is 16.6 Å². The highest BCUT2D eigenvalue weighted by molar-refractivity contribution is 7.14. The smallest absolute Gasteiger partial charge is 0.258 e. The molecule has 28 heavy (non-hydrogen) atoms. The maximum atomic E-state index is 13.1. The Labute approximate surface area is 167 Å².